The highest BCUT2D eigenvalue weighted by molar-refractivity contribution is 9.10. The molecule has 0 aliphatic rings. The zero-order valence-electron chi connectivity index (χ0n) is 16.3. The Morgan fingerprint density at radius 3 is 1.97 bits per heavy atom. The Labute approximate surface area is 176 Å². The predicted octanol–water partition coefficient (Wildman–Crippen LogP) is 3.86. The second kappa shape index (κ2) is 10.7. The van der Waals surface area contributed by atoms with Crippen LogP contribution < -0.4 is 25.1 Å². The van der Waals surface area contributed by atoms with Crippen molar-refractivity contribution in [1.29, 1.82) is 0 Å². The first-order valence-corrected chi connectivity index (χ1v) is 9.82. The molecule has 0 aromatic heterocycles. The molecule has 0 saturated heterocycles. The monoisotopic (exact) mass is 468 g/mol. The maximum atomic E-state index is 13.9. The highest BCUT2D eigenvalue weighted by Crippen LogP contribution is 2.39. The van der Waals surface area contributed by atoms with Gasteiger partial charge in [-0.15, -0.1) is 0 Å². The van der Waals surface area contributed by atoms with Crippen LogP contribution in [0.5, 0.6) is 17.2 Å². The molecule has 2 N–H and O–H groups in total. The molecule has 0 aliphatic carbocycles. The third kappa shape index (κ3) is 5.83. The molecular formula is C20H22BrFN2O5. The highest BCUT2D eigenvalue weighted by Gasteiger charge is 2.19. The Balaban J connectivity index is 2.21. The van der Waals surface area contributed by atoms with Gasteiger partial charge in [-0.05, 0) is 51.1 Å². The summed E-state index contributed by atoms with van der Waals surface area (Å²) in [7, 11) is 0. The summed E-state index contributed by atoms with van der Waals surface area (Å²) in [6, 6.07) is 6.95. The number of benzene rings is 2. The molecule has 0 spiro atoms. The molecule has 0 saturated carbocycles. The SMILES string of the molecule is CCOc1cc(C(=O)NNC(=O)c2ccc(Br)cc2F)cc(OCC)c1OCC. The molecule has 7 nitrogen and oxygen atoms in total. The van der Waals surface area contributed by atoms with E-state index in [0.29, 0.717) is 41.5 Å². The van der Waals surface area contributed by atoms with Gasteiger partial charge in [0, 0.05) is 10.0 Å². The number of ether oxygens (including phenoxy) is 3. The summed E-state index contributed by atoms with van der Waals surface area (Å²) in [6.45, 7) is 6.53. The Hall–Kier alpha value is -2.81. The molecule has 0 atom stereocenters. The van der Waals surface area contributed by atoms with E-state index in [2.05, 4.69) is 26.8 Å². The van der Waals surface area contributed by atoms with Crippen LogP contribution in [-0.4, -0.2) is 31.6 Å². The van der Waals surface area contributed by atoms with E-state index in [-0.39, 0.29) is 11.1 Å². The van der Waals surface area contributed by atoms with Gasteiger partial charge in [-0.2, -0.15) is 0 Å². The number of nitrogens with one attached hydrogen (secondary N) is 2. The smallest absolute Gasteiger partial charge is 0.272 e. The van der Waals surface area contributed by atoms with Crippen LogP contribution in [0.4, 0.5) is 4.39 Å². The van der Waals surface area contributed by atoms with E-state index in [0.717, 1.165) is 6.07 Å². The zero-order chi connectivity index (χ0) is 21.4. The fraction of sp³-hybridized carbons (Fsp3) is 0.300. The van der Waals surface area contributed by atoms with Crippen molar-refractivity contribution in [3.63, 3.8) is 0 Å². The van der Waals surface area contributed by atoms with Gasteiger partial charge in [-0.25, -0.2) is 4.39 Å². The van der Waals surface area contributed by atoms with Crippen molar-refractivity contribution in [1.82, 2.24) is 10.9 Å². The number of rotatable bonds is 8. The van der Waals surface area contributed by atoms with E-state index >= 15 is 0 Å². The summed E-state index contributed by atoms with van der Waals surface area (Å²) in [5.74, 6) is -1.05. The molecule has 2 rings (SSSR count). The highest BCUT2D eigenvalue weighted by atomic mass is 79.9. The van der Waals surface area contributed by atoms with Gasteiger partial charge in [-0.1, -0.05) is 15.9 Å². The number of hydrogen-bond acceptors (Lipinski definition) is 5. The van der Waals surface area contributed by atoms with Gasteiger partial charge in [0.1, 0.15) is 5.82 Å². The number of carbonyl (C=O) groups is 2. The van der Waals surface area contributed by atoms with Crippen LogP contribution in [0.3, 0.4) is 0 Å². The summed E-state index contributed by atoms with van der Waals surface area (Å²) in [6.07, 6.45) is 0. The molecule has 2 aromatic carbocycles. The van der Waals surface area contributed by atoms with E-state index in [4.69, 9.17) is 14.2 Å². The number of hydrazine groups is 1. The van der Waals surface area contributed by atoms with E-state index in [1.165, 1.54) is 24.3 Å². The molecule has 29 heavy (non-hydrogen) atoms. The Kier molecular flexibility index (Phi) is 8.26. The van der Waals surface area contributed by atoms with Gasteiger partial charge in [0.05, 0.1) is 25.4 Å². The summed E-state index contributed by atoms with van der Waals surface area (Å²) in [5, 5.41) is 0. The molecule has 0 heterocycles. The average molecular weight is 469 g/mol. The average Bonchev–Trinajstić information content (AvgIpc) is 2.68. The van der Waals surface area contributed by atoms with Crippen LogP contribution in [0.15, 0.2) is 34.8 Å². The first-order chi connectivity index (χ1) is 13.9. The Morgan fingerprint density at radius 2 is 1.45 bits per heavy atom. The summed E-state index contributed by atoms with van der Waals surface area (Å²) >= 11 is 3.12. The van der Waals surface area contributed by atoms with Crippen LogP contribution in [-0.2, 0) is 0 Å². The minimum absolute atomic E-state index is 0.178. The first-order valence-electron chi connectivity index (χ1n) is 9.03. The topological polar surface area (TPSA) is 85.9 Å². The van der Waals surface area contributed by atoms with Crippen LogP contribution in [0, 0.1) is 5.82 Å². The molecule has 156 valence electrons. The maximum Gasteiger partial charge on any atom is 0.272 e. The lowest BCUT2D eigenvalue weighted by molar-refractivity contribution is 0.0844. The van der Waals surface area contributed by atoms with E-state index < -0.39 is 17.6 Å². The van der Waals surface area contributed by atoms with E-state index in [9.17, 15) is 14.0 Å². The van der Waals surface area contributed by atoms with Crippen molar-refractivity contribution in [3.05, 3.63) is 51.7 Å². The van der Waals surface area contributed by atoms with Crippen molar-refractivity contribution in [2.24, 2.45) is 0 Å². The van der Waals surface area contributed by atoms with Crippen molar-refractivity contribution >= 4 is 27.7 Å². The molecule has 9 heteroatoms. The Morgan fingerprint density at radius 1 is 0.897 bits per heavy atom. The summed E-state index contributed by atoms with van der Waals surface area (Å²) in [4.78, 5) is 24.7. The van der Waals surface area contributed by atoms with Crippen LogP contribution in [0.25, 0.3) is 0 Å². The Bertz CT molecular complexity index is 864. The van der Waals surface area contributed by atoms with Crippen molar-refractivity contribution in [2.75, 3.05) is 19.8 Å². The minimum atomic E-state index is -0.788. The lowest BCUT2D eigenvalue weighted by Crippen LogP contribution is -2.42. The fourth-order valence-electron chi connectivity index (χ4n) is 2.45. The molecule has 0 aliphatic heterocycles. The molecule has 0 bridgehead atoms. The number of amides is 2. The van der Waals surface area contributed by atoms with Crippen LogP contribution >= 0.6 is 15.9 Å². The van der Waals surface area contributed by atoms with Gasteiger partial charge in [0.15, 0.2) is 11.5 Å². The van der Waals surface area contributed by atoms with Crippen molar-refractivity contribution in [2.45, 2.75) is 20.8 Å². The normalized spacial score (nSPS) is 10.2. The molecule has 2 amide bonds. The lowest BCUT2D eigenvalue weighted by Gasteiger charge is -2.17. The fourth-order valence-corrected chi connectivity index (χ4v) is 2.78. The predicted molar refractivity (Wildman–Crippen MR) is 109 cm³/mol. The van der Waals surface area contributed by atoms with Crippen molar-refractivity contribution < 1.29 is 28.2 Å². The summed E-state index contributed by atoms with van der Waals surface area (Å²) in [5.41, 5.74) is 4.43. The summed E-state index contributed by atoms with van der Waals surface area (Å²) < 4.78 is 31.1. The molecule has 2 aromatic rings. The van der Waals surface area contributed by atoms with E-state index in [1.54, 1.807) is 13.8 Å². The third-order valence-electron chi connectivity index (χ3n) is 3.64. The minimum Gasteiger partial charge on any atom is -0.490 e. The van der Waals surface area contributed by atoms with Gasteiger partial charge >= 0.3 is 0 Å². The zero-order valence-corrected chi connectivity index (χ0v) is 17.9. The number of carbonyl (C=O) groups excluding carboxylic acids is 2. The largest absolute Gasteiger partial charge is 0.490 e. The maximum absolute atomic E-state index is 13.9. The van der Waals surface area contributed by atoms with Gasteiger partial charge in [0.2, 0.25) is 5.75 Å². The molecule has 0 fully saturated rings. The molecule has 0 unspecified atom stereocenters. The van der Waals surface area contributed by atoms with Crippen LogP contribution in [0.2, 0.25) is 0 Å². The van der Waals surface area contributed by atoms with Gasteiger partial charge in [-0.3, -0.25) is 20.4 Å². The van der Waals surface area contributed by atoms with Crippen molar-refractivity contribution in [3.8, 4) is 17.2 Å². The van der Waals surface area contributed by atoms with Gasteiger partial charge in [0.25, 0.3) is 11.8 Å². The lowest BCUT2D eigenvalue weighted by atomic mass is 10.1. The van der Waals surface area contributed by atoms with E-state index in [1.807, 2.05) is 6.92 Å². The quantitative estimate of drug-likeness (QED) is 0.574. The molecule has 0 radical (unpaired) electrons. The first kappa shape index (κ1) is 22.5. The standard InChI is InChI=1S/C20H22BrFN2O5/c1-4-27-16-9-12(10-17(28-5-2)18(16)29-6-3)19(25)23-24-20(26)14-8-7-13(21)11-15(14)22/h7-11H,4-6H2,1-3H3,(H,23,25)(H,24,26). The number of halogens is 2. The molecular weight excluding hydrogens is 447 g/mol. The van der Waals surface area contributed by atoms with Gasteiger partial charge < -0.3 is 14.2 Å². The van der Waals surface area contributed by atoms with Crippen LogP contribution in [0.1, 0.15) is 41.5 Å². The second-order valence-corrected chi connectivity index (χ2v) is 6.55. The third-order valence-corrected chi connectivity index (χ3v) is 4.13. The number of hydrogen-bond donors (Lipinski definition) is 2. The second-order valence-electron chi connectivity index (χ2n) is 5.63.